The van der Waals surface area contributed by atoms with Crippen LogP contribution in [-0.2, 0) is 19.1 Å². The number of aliphatic carboxylic acids is 1. The first-order chi connectivity index (χ1) is 16.8. The lowest BCUT2D eigenvalue weighted by Crippen LogP contribution is -2.45. The predicted octanol–water partition coefficient (Wildman–Crippen LogP) is 3.15. The van der Waals surface area contributed by atoms with Gasteiger partial charge in [-0.2, -0.15) is 0 Å². The number of fused-ring (bicyclic) bond motifs is 3. The van der Waals surface area contributed by atoms with Crippen LogP contribution in [0.1, 0.15) is 29.9 Å². The maximum absolute atomic E-state index is 12.5. The van der Waals surface area contributed by atoms with Gasteiger partial charge < -0.3 is 25.2 Å². The van der Waals surface area contributed by atoms with Crippen molar-refractivity contribution in [3.63, 3.8) is 0 Å². The number of ether oxygens (including phenoxy) is 2. The van der Waals surface area contributed by atoms with Crippen molar-refractivity contribution in [3.05, 3.63) is 59.7 Å². The topological polar surface area (TPSA) is 114 Å². The number of hydrogen-bond acceptors (Lipinski definition) is 5. The van der Waals surface area contributed by atoms with Gasteiger partial charge in [0.2, 0.25) is 12.3 Å². The van der Waals surface area contributed by atoms with Gasteiger partial charge in [0.1, 0.15) is 12.6 Å². The minimum atomic E-state index is -2.86. The van der Waals surface area contributed by atoms with Gasteiger partial charge in [-0.25, -0.2) is 18.4 Å². The lowest BCUT2D eigenvalue weighted by atomic mass is 9.98. The van der Waals surface area contributed by atoms with Crippen molar-refractivity contribution >= 4 is 18.0 Å². The number of benzene rings is 2. The molecule has 1 saturated heterocycles. The summed E-state index contributed by atoms with van der Waals surface area (Å²) in [6.07, 6.45) is -4.71. The van der Waals surface area contributed by atoms with Crippen LogP contribution in [0.4, 0.5) is 13.6 Å². The smallest absolute Gasteiger partial charge is 0.407 e. The Bertz CT molecular complexity index is 1050. The van der Waals surface area contributed by atoms with Gasteiger partial charge in [-0.05, 0) is 28.7 Å². The van der Waals surface area contributed by atoms with Crippen LogP contribution < -0.4 is 10.6 Å². The molecule has 8 nitrogen and oxygen atoms in total. The summed E-state index contributed by atoms with van der Waals surface area (Å²) in [6.45, 7) is 0.265. The first kappa shape index (κ1) is 24.6. The highest BCUT2D eigenvalue weighted by atomic mass is 19.3. The van der Waals surface area contributed by atoms with Crippen molar-refractivity contribution in [1.82, 2.24) is 10.6 Å². The van der Waals surface area contributed by atoms with E-state index in [2.05, 4.69) is 10.6 Å². The quantitative estimate of drug-likeness (QED) is 0.500. The third kappa shape index (κ3) is 5.76. The first-order valence-electron chi connectivity index (χ1n) is 11.3. The minimum Gasteiger partial charge on any atom is -0.480 e. The molecule has 1 aliphatic heterocycles. The van der Waals surface area contributed by atoms with E-state index >= 15 is 0 Å². The SMILES string of the molecule is O=C(NCC1CC(C(=O)NC(CC(F)F)C(=O)O)CO1)OCC1c2ccccc2-c2ccccc21. The van der Waals surface area contributed by atoms with Gasteiger partial charge in [0.05, 0.1) is 18.6 Å². The van der Waals surface area contributed by atoms with E-state index in [4.69, 9.17) is 14.6 Å². The molecule has 0 spiro atoms. The molecule has 1 heterocycles. The summed E-state index contributed by atoms with van der Waals surface area (Å²) < 4.78 is 36.0. The summed E-state index contributed by atoms with van der Waals surface area (Å²) in [4.78, 5) is 35.7. The number of carbonyl (C=O) groups excluding carboxylic acids is 2. The number of hydrogen-bond donors (Lipinski definition) is 3. The molecular weight excluding hydrogens is 462 g/mol. The lowest BCUT2D eigenvalue weighted by Gasteiger charge is -2.17. The van der Waals surface area contributed by atoms with E-state index in [1.165, 1.54) is 0 Å². The third-order valence-electron chi connectivity index (χ3n) is 6.30. The van der Waals surface area contributed by atoms with E-state index < -0.39 is 48.9 Å². The Labute approximate surface area is 200 Å². The number of carboxylic acids is 1. The molecule has 4 rings (SSSR count). The summed E-state index contributed by atoms with van der Waals surface area (Å²) in [6, 6.07) is 14.3. The van der Waals surface area contributed by atoms with Crippen molar-refractivity contribution in [2.45, 2.75) is 37.3 Å². The van der Waals surface area contributed by atoms with Crippen LogP contribution in [0.15, 0.2) is 48.5 Å². The van der Waals surface area contributed by atoms with Gasteiger partial charge in [-0.15, -0.1) is 0 Å². The Morgan fingerprint density at radius 3 is 2.29 bits per heavy atom. The van der Waals surface area contributed by atoms with Gasteiger partial charge in [-0.1, -0.05) is 48.5 Å². The number of amides is 2. The zero-order chi connectivity index (χ0) is 24.9. The molecule has 3 N–H and O–H groups in total. The number of halogens is 2. The second-order valence-electron chi connectivity index (χ2n) is 8.62. The average molecular weight is 488 g/mol. The van der Waals surface area contributed by atoms with E-state index in [1.807, 2.05) is 48.5 Å². The Morgan fingerprint density at radius 1 is 1.06 bits per heavy atom. The van der Waals surface area contributed by atoms with Crippen LogP contribution in [0, 0.1) is 5.92 Å². The fraction of sp³-hybridized carbons (Fsp3) is 0.400. The van der Waals surface area contributed by atoms with Crippen LogP contribution in [0.25, 0.3) is 11.1 Å². The second-order valence-corrected chi connectivity index (χ2v) is 8.62. The molecule has 2 aromatic rings. The zero-order valence-corrected chi connectivity index (χ0v) is 18.8. The van der Waals surface area contributed by atoms with E-state index in [9.17, 15) is 23.2 Å². The van der Waals surface area contributed by atoms with Crippen molar-refractivity contribution in [3.8, 4) is 11.1 Å². The second kappa shape index (κ2) is 10.8. The number of alkyl carbamates (subject to hydrolysis) is 1. The van der Waals surface area contributed by atoms with E-state index in [0.717, 1.165) is 22.3 Å². The molecule has 1 aliphatic carbocycles. The highest BCUT2D eigenvalue weighted by Gasteiger charge is 2.34. The Morgan fingerprint density at radius 2 is 1.69 bits per heavy atom. The molecule has 186 valence electrons. The highest BCUT2D eigenvalue weighted by molar-refractivity contribution is 5.85. The molecular formula is C25H26F2N2O6. The van der Waals surface area contributed by atoms with Crippen molar-refractivity contribution in [2.75, 3.05) is 19.8 Å². The summed E-state index contributed by atoms with van der Waals surface area (Å²) in [5, 5.41) is 13.8. The summed E-state index contributed by atoms with van der Waals surface area (Å²) in [5.41, 5.74) is 4.45. The van der Waals surface area contributed by atoms with Crippen LogP contribution in [0.2, 0.25) is 0 Å². The molecule has 0 radical (unpaired) electrons. The fourth-order valence-corrected chi connectivity index (χ4v) is 4.57. The number of rotatable bonds is 9. The molecule has 0 aromatic heterocycles. The predicted molar refractivity (Wildman–Crippen MR) is 121 cm³/mol. The molecule has 2 aliphatic rings. The van der Waals surface area contributed by atoms with Gasteiger partial charge >= 0.3 is 12.1 Å². The molecule has 3 unspecified atom stereocenters. The lowest BCUT2D eigenvalue weighted by molar-refractivity contribution is -0.143. The van der Waals surface area contributed by atoms with Gasteiger partial charge in [-0.3, -0.25) is 4.79 Å². The molecule has 1 fully saturated rings. The largest absolute Gasteiger partial charge is 0.480 e. The fourth-order valence-electron chi connectivity index (χ4n) is 4.57. The number of alkyl halides is 2. The van der Waals surface area contributed by atoms with Crippen molar-refractivity contribution in [1.29, 1.82) is 0 Å². The Balaban J connectivity index is 1.24. The number of carbonyl (C=O) groups is 3. The Hall–Kier alpha value is -3.53. The molecule has 0 bridgehead atoms. The van der Waals surface area contributed by atoms with Crippen LogP contribution in [0.5, 0.6) is 0 Å². The van der Waals surface area contributed by atoms with Crippen LogP contribution in [0.3, 0.4) is 0 Å². The number of nitrogens with one attached hydrogen (secondary N) is 2. The van der Waals surface area contributed by atoms with Gasteiger partial charge in [0.25, 0.3) is 0 Å². The number of carboxylic acid groups (broad SMARTS) is 1. The van der Waals surface area contributed by atoms with E-state index in [1.54, 1.807) is 0 Å². The van der Waals surface area contributed by atoms with Crippen molar-refractivity contribution < 1.29 is 37.7 Å². The standard InChI is InChI=1S/C25H26F2N2O6/c26-22(27)10-21(24(31)32)29-23(30)14-9-15(34-12-14)11-28-25(33)35-13-20-18-7-3-1-5-16(18)17-6-2-4-8-19(17)20/h1-8,14-15,20-22H,9-13H2,(H,28,33)(H,29,30)(H,31,32). The van der Waals surface area contributed by atoms with Gasteiger partial charge in [0.15, 0.2) is 0 Å². The molecule has 10 heteroatoms. The normalized spacial score (nSPS) is 19.6. The molecule has 3 atom stereocenters. The molecule has 2 aromatic carbocycles. The van der Waals surface area contributed by atoms with Crippen LogP contribution >= 0.6 is 0 Å². The van der Waals surface area contributed by atoms with Gasteiger partial charge in [0, 0.05) is 18.9 Å². The third-order valence-corrected chi connectivity index (χ3v) is 6.30. The van der Waals surface area contributed by atoms with Crippen molar-refractivity contribution in [2.24, 2.45) is 5.92 Å². The molecule has 35 heavy (non-hydrogen) atoms. The molecule has 0 saturated carbocycles. The average Bonchev–Trinajstić information content (AvgIpc) is 3.44. The highest BCUT2D eigenvalue weighted by Crippen LogP contribution is 2.44. The van der Waals surface area contributed by atoms with E-state index in [-0.39, 0.29) is 32.1 Å². The van der Waals surface area contributed by atoms with Crippen LogP contribution in [-0.4, -0.2) is 61.4 Å². The van der Waals surface area contributed by atoms with E-state index in [0.29, 0.717) is 0 Å². The summed E-state index contributed by atoms with van der Waals surface area (Å²) >= 11 is 0. The minimum absolute atomic E-state index is 0.00386. The maximum Gasteiger partial charge on any atom is 0.407 e. The summed E-state index contributed by atoms with van der Waals surface area (Å²) in [7, 11) is 0. The monoisotopic (exact) mass is 488 g/mol. The first-order valence-corrected chi connectivity index (χ1v) is 11.3. The molecule has 2 amide bonds. The summed E-state index contributed by atoms with van der Waals surface area (Å²) in [5.74, 6) is -2.95. The zero-order valence-electron chi connectivity index (χ0n) is 18.8. The maximum atomic E-state index is 12.5. The Kier molecular flexibility index (Phi) is 7.60.